The van der Waals surface area contributed by atoms with Crippen LogP contribution in [-0.2, 0) is 16.6 Å². The van der Waals surface area contributed by atoms with Crippen molar-refractivity contribution in [3.05, 3.63) is 36.2 Å². The molecule has 1 aromatic carbocycles. The summed E-state index contributed by atoms with van der Waals surface area (Å²) in [6.07, 6.45) is 6.34. The van der Waals surface area contributed by atoms with Gasteiger partial charge in [-0.1, -0.05) is 19.3 Å². The number of likely N-dealkylation sites (N-methyl/N-ethyl adjacent to an activating group) is 1. The Labute approximate surface area is 238 Å². The fraction of sp³-hybridized carbons (Fsp3) is 0.536. The number of nitrogens with zero attached hydrogens (tertiary/aromatic N) is 3. The molecule has 1 saturated carbocycles. The molecule has 0 spiro atoms. The first-order valence-corrected chi connectivity index (χ1v) is 14.0. The summed E-state index contributed by atoms with van der Waals surface area (Å²) in [5.74, 6) is -0.375. The molecule has 2 unspecified atom stereocenters. The molecule has 13 nitrogen and oxygen atoms in total. The highest BCUT2D eigenvalue weighted by atomic mass is 16.5. The number of ether oxygens (including phenoxy) is 2. The highest BCUT2D eigenvalue weighted by Gasteiger charge is 2.52. The molecule has 1 saturated heterocycles. The zero-order valence-electron chi connectivity index (χ0n) is 23.6. The lowest BCUT2D eigenvalue weighted by atomic mass is 9.83. The maximum Gasteiger partial charge on any atom is 0.318 e. The van der Waals surface area contributed by atoms with E-state index >= 15 is 0 Å². The molecule has 2 aliphatic heterocycles. The zero-order valence-corrected chi connectivity index (χ0v) is 23.6. The first-order chi connectivity index (χ1) is 19.7. The van der Waals surface area contributed by atoms with Crippen LogP contribution in [0.1, 0.15) is 49.5 Å². The van der Waals surface area contributed by atoms with Crippen LogP contribution in [-0.4, -0.2) is 82.9 Å². The third-order valence-electron chi connectivity index (χ3n) is 8.13. The Kier molecular flexibility index (Phi) is 8.04. The maximum atomic E-state index is 13.6. The van der Waals surface area contributed by atoms with Crippen molar-refractivity contribution in [2.24, 2.45) is 13.0 Å². The van der Waals surface area contributed by atoms with Gasteiger partial charge in [0.2, 0.25) is 5.91 Å². The number of nitrogens with one attached hydrogen (secondary N) is 4. The number of hydrogen-bond acceptors (Lipinski definition) is 7. The molecule has 2 aromatic rings. The largest absolute Gasteiger partial charge is 0.487 e. The molecule has 1 aliphatic carbocycles. The monoisotopic (exact) mass is 567 g/mol. The number of hydrogen-bond donors (Lipinski definition) is 4. The summed E-state index contributed by atoms with van der Waals surface area (Å²) in [7, 11) is 3.18. The first-order valence-electron chi connectivity index (χ1n) is 14.0. The number of carbonyl (C=O) groups is 4. The van der Waals surface area contributed by atoms with Crippen LogP contribution < -0.4 is 30.7 Å². The number of benzene rings is 1. The van der Waals surface area contributed by atoms with Crippen molar-refractivity contribution >= 4 is 29.4 Å². The molecule has 4 N–H and O–H groups in total. The molecule has 1 aromatic heterocycles. The smallest absolute Gasteiger partial charge is 0.318 e. The van der Waals surface area contributed by atoms with Gasteiger partial charge in [0.1, 0.15) is 24.9 Å². The van der Waals surface area contributed by atoms with E-state index < -0.39 is 17.5 Å². The highest BCUT2D eigenvalue weighted by molar-refractivity contribution is 6.01. The van der Waals surface area contributed by atoms with Crippen molar-refractivity contribution in [3.63, 3.8) is 0 Å². The van der Waals surface area contributed by atoms with Crippen molar-refractivity contribution in [1.29, 1.82) is 0 Å². The number of fused-ring (bicyclic) bond motifs is 1. The number of aryl methyl sites for hydroxylation is 1. The minimum Gasteiger partial charge on any atom is -0.487 e. The van der Waals surface area contributed by atoms with E-state index in [1.165, 1.54) is 22.8 Å². The second-order valence-electron chi connectivity index (χ2n) is 11.0. The Morgan fingerprint density at radius 3 is 2.46 bits per heavy atom. The van der Waals surface area contributed by atoms with Gasteiger partial charge in [0.25, 0.3) is 11.8 Å². The normalized spacial score (nSPS) is 23.2. The SMILES string of the molecule is CNC(=O)C1(N2CC(C)NC2=O)COc2ccc(NC(=O)[C@@H](NC(=O)c3ccnn3C)C3CCCCC3)cc2OC1. The van der Waals surface area contributed by atoms with Crippen molar-refractivity contribution in [2.45, 2.75) is 56.7 Å². The van der Waals surface area contributed by atoms with Gasteiger partial charge in [-0.3, -0.25) is 19.1 Å². The molecular weight excluding hydrogens is 530 g/mol. The van der Waals surface area contributed by atoms with Crippen LogP contribution >= 0.6 is 0 Å². The molecule has 5 amide bonds. The van der Waals surface area contributed by atoms with Gasteiger partial charge in [-0.05, 0) is 43.9 Å². The lowest BCUT2D eigenvalue weighted by molar-refractivity contribution is -0.134. The van der Waals surface area contributed by atoms with Crippen molar-refractivity contribution < 1.29 is 28.7 Å². The van der Waals surface area contributed by atoms with Crippen LogP contribution in [0.25, 0.3) is 0 Å². The average Bonchev–Trinajstić information content (AvgIpc) is 3.50. The Bertz CT molecular complexity index is 1320. The van der Waals surface area contributed by atoms with E-state index in [2.05, 4.69) is 26.4 Å². The number of carbonyl (C=O) groups excluding carboxylic acids is 4. The standard InChI is InChI=1S/C28H37N7O6/c1-17-14-35(27(39)31-17)28(26(38)29-2)15-40-21-10-9-19(13-22(21)41-16-28)32-25(37)23(18-7-5-4-6-8-18)33-24(36)20-11-12-30-34(20)3/h9-13,17-18,23H,4-8,14-16H2,1-3H3,(H,29,38)(H,31,39)(H,32,37)(H,33,36)/t17?,23-,28?/m0/s1. The van der Waals surface area contributed by atoms with Crippen LogP contribution in [0.2, 0.25) is 0 Å². The number of aromatic nitrogens is 2. The predicted molar refractivity (Wildman–Crippen MR) is 149 cm³/mol. The first kappa shape index (κ1) is 28.2. The van der Waals surface area contributed by atoms with E-state index in [0.717, 1.165) is 32.1 Å². The summed E-state index contributed by atoms with van der Waals surface area (Å²) in [6, 6.07) is 5.34. The Balaban J connectivity index is 1.34. The van der Waals surface area contributed by atoms with E-state index in [9.17, 15) is 19.2 Å². The summed E-state index contributed by atoms with van der Waals surface area (Å²) in [6.45, 7) is 1.94. The predicted octanol–water partition coefficient (Wildman–Crippen LogP) is 1.41. The second kappa shape index (κ2) is 11.7. The van der Waals surface area contributed by atoms with Crippen molar-refractivity contribution in [1.82, 2.24) is 30.6 Å². The Morgan fingerprint density at radius 1 is 1.10 bits per heavy atom. The summed E-state index contributed by atoms with van der Waals surface area (Å²) in [5, 5.41) is 15.4. The Morgan fingerprint density at radius 2 is 1.83 bits per heavy atom. The van der Waals surface area contributed by atoms with Crippen LogP contribution in [0, 0.1) is 5.92 Å². The van der Waals surface area contributed by atoms with Crippen LogP contribution in [0.3, 0.4) is 0 Å². The van der Waals surface area contributed by atoms with Gasteiger partial charge in [-0.25, -0.2) is 4.79 Å². The van der Waals surface area contributed by atoms with E-state index in [1.807, 2.05) is 6.92 Å². The summed E-state index contributed by atoms with van der Waals surface area (Å²) in [5.41, 5.74) is -0.559. The molecule has 3 aliphatic rings. The zero-order chi connectivity index (χ0) is 29.1. The number of rotatable bonds is 7. The molecule has 0 bridgehead atoms. The summed E-state index contributed by atoms with van der Waals surface area (Å²) >= 11 is 0. The maximum absolute atomic E-state index is 13.6. The molecule has 5 rings (SSSR count). The molecule has 220 valence electrons. The van der Waals surface area contributed by atoms with Crippen molar-refractivity contribution in [2.75, 3.05) is 32.1 Å². The lowest BCUT2D eigenvalue weighted by Gasteiger charge is -2.36. The molecular formula is C28H37N7O6. The van der Waals surface area contributed by atoms with Crippen LogP contribution in [0.5, 0.6) is 11.5 Å². The Hall–Kier alpha value is -4.29. The van der Waals surface area contributed by atoms with Gasteiger partial charge in [0.05, 0.1) is 0 Å². The van der Waals surface area contributed by atoms with Gasteiger partial charge in [-0.15, -0.1) is 0 Å². The molecule has 13 heteroatoms. The summed E-state index contributed by atoms with van der Waals surface area (Å²) < 4.78 is 13.5. The second-order valence-corrected chi connectivity index (χ2v) is 11.0. The number of urea groups is 1. The van der Waals surface area contributed by atoms with Gasteiger partial charge in [0, 0.05) is 44.6 Å². The number of amides is 5. The average molecular weight is 568 g/mol. The van der Waals surface area contributed by atoms with E-state index in [4.69, 9.17) is 9.47 Å². The van der Waals surface area contributed by atoms with E-state index in [-0.39, 0.29) is 43.0 Å². The third-order valence-corrected chi connectivity index (χ3v) is 8.13. The summed E-state index contributed by atoms with van der Waals surface area (Å²) in [4.78, 5) is 53.8. The lowest BCUT2D eigenvalue weighted by Crippen LogP contribution is -2.65. The van der Waals surface area contributed by atoms with E-state index in [1.54, 1.807) is 31.3 Å². The third kappa shape index (κ3) is 5.66. The minimum absolute atomic E-state index is 0.00325. The van der Waals surface area contributed by atoms with Gasteiger partial charge >= 0.3 is 6.03 Å². The molecule has 41 heavy (non-hydrogen) atoms. The quantitative estimate of drug-likeness (QED) is 0.394. The van der Waals surface area contributed by atoms with Gasteiger partial charge < -0.3 is 35.6 Å². The fourth-order valence-electron chi connectivity index (χ4n) is 5.85. The molecule has 2 fully saturated rings. The fourth-order valence-corrected chi connectivity index (χ4v) is 5.85. The van der Waals surface area contributed by atoms with E-state index in [0.29, 0.717) is 29.4 Å². The van der Waals surface area contributed by atoms with Gasteiger partial charge in [0.15, 0.2) is 17.0 Å². The van der Waals surface area contributed by atoms with Gasteiger partial charge in [-0.2, -0.15) is 5.10 Å². The van der Waals surface area contributed by atoms with Crippen LogP contribution in [0.4, 0.5) is 10.5 Å². The molecule has 0 radical (unpaired) electrons. The number of anilines is 1. The highest BCUT2D eigenvalue weighted by Crippen LogP contribution is 2.36. The van der Waals surface area contributed by atoms with Crippen molar-refractivity contribution in [3.8, 4) is 11.5 Å². The topological polar surface area (TPSA) is 156 Å². The molecule has 3 heterocycles. The molecule has 3 atom stereocenters. The van der Waals surface area contributed by atoms with Crippen LogP contribution in [0.15, 0.2) is 30.5 Å². The minimum atomic E-state index is -1.38.